The second-order valence-corrected chi connectivity index (χ2v) is 10.3. The Morgan fingerprint density at radius 2 is 2.04 bits per heavy atom. The number of thiophene rings is 1. The predicted molar refractivity (Wildman–Crippen MR) is 114 cm³/mol. The Balaban J connectivity index is 1.40. The molecule has 1 saturated heterocycles. The van der Waals surface area contributed by atoms with E-state index in [2.05, 4.69) is 47.0 Å². The number of piperidine rings is 1. The molecule has 0 bridgehead atoms. The van der Waals surface area contributed by atoms with Crippen LogP contribution in [0.15, 0.2) is 24.5 Å². The largest absolute Gasteiger partial charge is 0.347 e. The number of fused-ring (bicyclic) bond motifs is 1. The number of amides is 1. The monoisotopic (exact) mass is 398 g/mol. The first-order valence-corrected chi connectivity index (χ1v) is 11.2. The highest BCUT2D eigenvalue weighted by molar-refractivity contribution is 7.14. The van der Waals surface area contributed by atoms with Crippen LogP contribution in [0, 0.1) is 11.3 Å². The van der Waals surface area contributed by atoms with Gasteiger partial charge >= 0.3 is 0 Å². The normalized spacial score (nSPS) is 22.6. The molecule has 5 nitrogen and oxygen atoms in total. The quantitative estimate of drug-likeness (QED) is 0.846. The van der Waals surface area contributed by atoms with Crippen molar-refractivity contribution in [2.45, 2.75) is 58.9 Å². The second kappa shape index (κ2) is 7.82. The molecule has 6 heteroatoms. The molecule has 150 valence electrons. The van der Waals surface area contributed by atoms with Crippen LogP contribution in [0.2, 0.25) is 0 Å². The summed E-state index contributed by atoms with van der Waals surface area (Å²) in [4.78, 5) is 26.0. The molecule has 2 unspecified atom stereocenters. The standard InChI is InChI=1S/C22H30N4OS/c1-22(2,3)16-7-8-18-15(12-16)13-19(28-18)20(27)25-17-6-4-11-26(14-17)21-23-9-5-10-24-21/h5,9-10,13,16-17H,4,6-8,11-12,14H2,1-3H3,(H,25,27). The molecule has 28 heavy (non-hydrogen) atoms. The van der Waals surface area contributed by atoms with Gasteiger partial charge in [-0.3, -0.25) is 4.79 Å². The maximum Gasteiger partial charge on any atom is 0.261 e. The van der Waals surface area contributed by atoms with E-state index in [0.717, 1.165) is 49.6 Å². The van der Waals surface area contributed by atoms with Crippen molar-refractivity contribution in [3.8, 4) is 0 Å². The highest BCUT2D eigenvalue weighted by Crippen LogP contribution is 2.40. The summed E-state index contributed by atoms with van der Waals surface area (Å²) in [6.07, 6.45) is 9.02. The van der Waals surface area contributed by atoms with Crippen molar-refractivity contribution in [1.82, 2.24) is 15.3 Å². The average Bonchev–Trinajstić information content (AvgIpc) is 3.12. The van der Waals surface area contributed by atoms with Crippen molar-refractivity contribution < 1.29 is 4.79 Å². The molecule has 0 radical (unpaired) electrons. The Bertz CT molecular complexity index is 827. The Morgan fingerprint density at radius 1 is 1.25 bits per heavy atom. The molecule has 4 rings (SSSR count). The molecule has 1 aliphatic carbocycles. The Labute approximate surface area is 171 Å². The van der Waals surface area contributed by atoms with Gasteiger partial charge in [0.1, 0.15) is 0 Å². The Morgan fingerprint density at radius 3 is 2.79 bits per heavy atom. The van der Waals surface area contributed by atoms with Gasteiger partial charge in [0.05, 0.1) is 4.88 Å². The summed E-state index contributed by atoms with van der Waals surface area (Å²) >= 11 is 1.69. The second-order valence-electron chi connectivity index (χ2n) is 9.17. The molecule has 0 saturated carbocycles. The fourth-order valence-corrected chi connectivity index (χ4v) is 5.47. The lowest BCUT2D eigenvalue weighted by atomic mass is 9.72. The van der Waals surface area contributed by atoms with Crippen molar-refractivity contribution in [3.05, 3.63) is 39.8 Å². The van der Waals surface area contributed by atoms with Crippen LogP contribution in [0.5, 0.6) is 0 Å². The zero-order chi connectivity index (χ0) is 19.7. The number of carbonyl (C=O) groups excluding carboxylic acids is 1. The fourth-order valence-electron chi connectivity index (χ4n) is 4.36. The van der Waals surface area contributed by atoms with Gasteiger partial charge in [-0.25, -0.2) is 9.97 Å². The van der Waals surface area contributed by atoms with Gasteiger partial charge in [0, 0.05) is 36.4 Å². The van der Waals surface area contributed by atoms with Gasteiger partial charge in [0.2, 0.25) is 5.95 Å². The Hall–Kier alpha value is -1.95. The number of carbonyl (C=O) groups is 1. The summed E-state index contributed by atoms with van der Waals surface area (Å²) < 4.78 is 0. The van der Waals surface area contributed by atoms with Crippen LogP contribution < -0.4 is 10.2 Å². The zero-order valence-electron chi connectivity index (χ0n) is 17.1. The van der Waals surface area contributed by atoms with Gasteiger partial charge in [-0.2, -0.15) is 0 Å². The van der Waals surface area contributed by atoms with E-state index in [1.165, 1.54) is 16.9 Å². The highest BCUT2D eigenvalue weighted by atomic mass is 32.1. The maximum atomic E-state index is 12.9. The first kappa shape index (κ1) is 19.4. The van der Waals surface area contributed by atoms with Gasteiger partial charge < -0.3 is 10.2 Å². The molecular formula is C22H30N4OS. The minimum atomic E-state index is 0.0764. The predicted octanol–water partition coefficient (Wildman–Crippen LogP) is 4.09. The molecule has 0 aromatic carbocycles. The number of hydrogen-bond acceptors (Lipinski definition) is 5. The van der Waals surface area contributed by atoms with E-state index in [9.17, 15) is 4.79 Å². The molecule has 1 N–H and O–H groups in total. The molecule has 1 amide bonds. The summed E-state index contributed by atoms with van der Waals surface area (Å²) in [7, 11) is 0. The summed E-state index contributed by atoms with van der Waals surface area (Å²) in [6.45, 7) is 8.70. The first-order valence-electron chi connectivity index (χ1n) is 10.3. The molecule has 1 aliphatic heterocycles. The van der Waals surface area contributed by atoms with Crippen LogP contribution in [0.3, 0.4) is 0 Å². The molecule has 2 aliphatic rings. The number of aryl methyl sites for hydroxylation is 1. The average molecular weight is 399 g/mol. The fraction of sp³-hybridized carbons (Fsp3) is 0.591. The van der Waals surface area contributed by atoms with Crippen molar-refractivity contribution in [1.29, 1.82) is 0 Å². The molecule has 2 aromatic heterocycles. The molecular weight excluding hydrogens is 368 g/mol. The van der Waals surface area contributed by atoms with Gasteiger partial charge in [-0.1, -0.05) is 20.8 Å². The van der Waals surface area contributed by atoms with Crippen LogP contribution in [0.25, 0.3) is 0 Å². The first-order chi connectivity index (χ1) is 13.4. The third kappa shape index (κ3) is 4.22. The third-order valence-electron chi connectivity index (χ3n) is 6.12. The summed E-state index contributed by atoms with van der Waals surface area (Å²) in [6, 6.07) is 4.12. The van der Waals surface area contributed by atoms with E-state index in [1.54, 1.807) is 23.7 Å². The SMILES string of the molecule is CC(C)(C)C1CCc2sc(C(=O)NC3CCCN(c4ncccn4)C3)cc2C1. The van der Waals surface area contributed by atoms with E-state index < -0.39 is 0 Å². The lowest BCUT2D eigenvalue weighted by Gasteiger charge is -2.33. The minimum absolute atomic E-state index is 0.0764. The number of nitrogens with zero attached hydrogens (tertiary/aromatic N) is 3. The van der Waals surface area contributed by atoms with Crippen molar-refractivity contribution in [3.63, 3.8) is 0 Å². The van der Waals surface area contributed by atoms with Crippen LogP contribution >= 0.6 is 11.3 Å². The van der Waals surface area contributed by atoms with Crippen LogP contribution in [0.1, 0.15) is 60.1 Å². The number of hydrogen-bond donors (Lipinski definition) is 1. The molecule has 2 atom stereocenters. The number of nitrogens with one attached hydrogen (secondary N) is 1. The van der Waals surface area contributed by atoms with Crippen LogP contribution in [0.4, 0.5) is 5.95 Å². The molecule has 2 aromatic rings. The van der Waals surface area contributed by atoms with Gasteiger partial charge in [0.25, 0.3) is 5.91 Å². The van der Waals surface area contributed by atoms with Crippen LogP contribution in [-0.4, -0.2) is 35.0 Å². The van der Waals surface area contributed by atoms with E-state index in [1.807, 2.05) is 6.07 Å². The maximum absolute atomic E-state index is 12.9. The number of rotatable bonds is 3. The third-order valence-corrected chi connectivity index (χ3v) is 7.36. The number of anilines is 1. The summed E-state index contributed by atoms with van der Waals surface area (Å²) in [5.74, 6) is 1.53. The van der Waals surface area contributed by atoms with Crippen molar-refractivity contribution in [2.75, 3.05) is 18.0 Å². The molecule has 0 spiro atoms. The van der Waals surface area contributed by atoms with Gasteiger partial charge in [-0.05, 0) is 61.1 Å². The van der Waals surface area contributed by atoms with Gasteiger partial charge in [0.15, 0.2) is 0 Å². The van der Waals surface area contributed by atoms with Gasteiger partial charge in [-0.15, -0.1) is 11.3 Å². The van der Waals surface area contributed by atoms with E-state index in [0.29, 0.717) is 11.3 Å². The molecule has 1 fully saturated rings. The van der Waals surface area contributed by atoms with E-state index in [4.69, 9.17) is 0 Å². The van der Waals surface area contributed by atoms with Crippen molar-refractivity contribution >= 4 is 23.2 Å². The topological polar surface area (TPSA) is 58.1 Å². The highest BCUT2D eigenvalue weighted by Gasteiger charge is 2.31. The zero-order valence-corrected chi connectivity index (χ0v) is 17.9. The van der Waals surface area contributed by atoms with E-state index in [-0.39, 0.29) is 11.9 Å². The minimum Gasteiger partial charge on any atom is -0.347 e. The Kier molecular flexibility index (Phi) is 5.41. The lowest BCUT2D eigenvalue weighted by molar-refractivity contribution is 0.0937. The van der Waals surface area contributed by atoms with Crippen LogP contribution in [-0.2, 0) is 12.8 Å². The van der Waals surface area contributed by atoms with Crippen molar-refractivity contribution in [2.24, 2.45) is 11.3 Å². The smallest absolute Gasteiger partial charge is 0.261 e. The summed E-state index contributed by atoms with van der Waals surface area (Å²) in [5.41, 5.74) is 1.72. The lowest BCUT2D eigenvalue weighted by Crippen LogP contribution is -2.48. The molecule has 3 heterocycles. The summed E-state index contributed by atoms with van der Waals surface area (Å²) in [5, 5.41) is 3.26. The van der Waals surface area contributed by atoms with E-state index >= 15 is 0 Å². The number of aromatic nitrogens is 2.